The number of para-hydroxylation sites is 1. The lowest BCUT2D eigenvalue weighted by Gasteiger charge is -2.33. The molecule has 1 aromatic heterocycles. The molecule has 0 bridgehead atoms. The smallest absolute Gasteiger partial charge is 0.427 e. The molecule has 1 aliphatic rings. The van der Waals surface area contributed by atoms with Crippen molar-refractivity contribution in [2.24, 2.45) is 0 Å². The average Bonchev–Trinajstić information content (AvgIpc) is 3.17. The predicted molar refractivity (Wildman–Crippen MR) is 99.7 cm³/mol. The molecule has 156 valence electrons. The van der Waals surface area contributed by atoms with E-state index in [1.54, 1.807) is 0 Å². The topological polar surface area (TPSA) is 140 Å². The molecule has 1 saturated heterocycles. The van der Waals surface area contributed by atoms with Crippen molar-refractivity contribution in [2.75, 3.05) is 26.3 Å². The lowest BCUT2D eigenvalue weighted by molar-refractivity contribution is -0.384. The third-order valence-corrected chi connectivity index (χ3v) is 4.84. The molecule has 0 radical (unpaired) electrons. The minimum atomic E-state index is -1.37. The maximum atomic E-state index is 14.5. The van der Waals surface area contributed by atoms with E-state index < -0.39 is 23.5 Å². The number of halogens is 1. The highest BCUT2D eigenvalue weighted by molar-refractivity contribution is 6.40. The van der Waals surface area contributed by atoms with E-state index in [0.717, 1.165) is 10.7 Å². The van der Waals surface area contributed by atoms with Gasteiger partial charge in [-0.2, -0.15) is 4.68 Å². The van der Waals surface area contributed by atoms with Crippen molar-refractivity contribution in [1.29, 1.82) is 0 Å². The summed E-state index contributed by atoms with van der Waals surface area (Å²) in [5, 5.41) is 41.0. The van der Waals surface area contributed by atoms with Gasteiger partial charge in [0.15, 0.2) is 17.3 Å². The molecule has 29 heavy (non-hydrogen) atoms. The van der Waals surface area contributed by atoms with Crippen LogP contribution in [0.1, 0.15) is 31.1 Å². The first-order chi connectivity index (χ1) is 14.0. The van der Waals surface area contributed by atoms with Crippen LogP contribution in [0.15, 0.2) is 18.2 Å². The molecule has 1 fully saturated rings. The molecule has 13 heteroatoms. The van der Waals surface area contributed by atoms with Gasteiger partial charge in [-0.15, -0.1) is 5.10 Å². The molecule has 1 aliphatic heterocycles. The summed E-state index contributed by atoms with van der Waals surface area (Å²) in [5.41, 5.74) is -0.732. The van der Waals surface area contributed by atoms with Gasteiger partial charge in [0.25, 0.3) is 5.69 Å². The Balaban J connectivity index is 1.94. The van der Waals surface area contributed by atoms with Gasteiger partial charge >= 0.3 is 7.12 Å². The molecule has 2 heterocycles. The molecule has 0 saturated carbocycles. The minimum absolute atomic E-state index is 0.236. The second-order valence-corrected chi connectivity index (χ2v) is 6.74. The highest BCUT2D eigenvalue weighted by Gasteiger charge is 2.31. The summed E-state index contributed by atoms with van der Waals surface area (Å²) in [4.78, 5) is 12.8. The normalized spacial score (nSPS) is 16.0. The maximum Gasteiger partial charge on any atom is 0.451 e. The molecule has 0 amide bonds. The Morgan fingerprint density at radius 3 is 2.76 bits per heavy atom. The lowest BCUT2D eigenvalue weighted by Crippen LogP contribution is -2.40. The van der Waals surface area contributed by atoms with E-state index in [2.05, 4.69) is 20.4 Å². The van der Waals surface area contributed by atoms with Crippen molar-refractivity contribution in [3.63, 3.8) is 0 Å². The molecule has 2 N–H and O–H groups in total. The molecular weight excluding hydrogens is 386 g/mol. The van der Waals surface area contributed by atoms with Crippen LogP contribution in [0.5, 0.6) is 0 Å². The van der Waals surface area contributed by atoms with Crippen molar-refractivity contribution in [3.05, 3.63) is 40.0 Å². The monoisotopic (exact) mass is 408 g/mol. The third kappa shape index (κ3) is 5.12. The van der Waals surface area contributed by atoms with Crippen LogP contribution in [0.3, 0.4) is 0 Å². The number of benzene rings is 1. The van der Waals surface area contributed by atoms with Gasteiger partial charge in [-0.05, 0) is 29.2 Å². The number of nitro groups is 1. The predicted octanol–water partition coefficient (Wildman–Crippen LogP) is 0.726. The molecule has 0 aliphatic carbocycles. The van der Waals surface area contributed by atoms with E-state index in [1.807, 2.05) is 0 Å². The van der Waals surface area contributed by atoms with E-state index in [9.17, 15) is 14.5 Å². The molecule has 2 aromatic rings. The zero-order chi connectivity index (χ0) is 20.8. The molecule has 0 spiro atoms. The number of tetrazole rings is 1. The fraction of sp³-hybridized carbons (Fsp3) is 0.562. The minimum Gasteiger partial charge on any atom is -0.427 e. The van der Waals surface area contributed by atoms with E-state index in [4.69, 9.17) is 14.8 Å². The summed E-state index contributed by atoms with van der Waals surface area (Å²) in [7, 11) is -1.37. The van der Waals surface area contributed by atoms with Crippen molar-refractivity contribution in [3.8, 4) is 5.69 Å². The Hall–Kier alpha value is -2.48. The summed E-state index contributed by atoms with van der Waals surface area (Å²) in [6.45, 7) is 2.26. The van der Waals surface area contributed by atoms with E-state index in [0.29, 0.717) is 51.4 Å². The number of nitro benzene ring substituents is 1. The molecule has 3 rings (SSSR count). The number of nitrogens with zero attached hydrogens (tertiary/aromatic N) is 6. The van der Waals surface area contributed by atoms with Gasteiger partial charge in [0, 0.05) is 19.2 Å². The van der Waals surface area contributed by atoms with Gasteiger partial charge in [0.2, 0.25) is 0 Å². The Morgan fingerprint density at radius 1 is 1.31 bits per heavy atom. The Labute approximate surface area is 166 Å². The van der Waals surface area contributed by atoms with E-state index in [-0.39, 0.29) is 18.0 Å². The largest absolute Gasteiger partial charge is 0.451 e. The summed E-state index contributed by atoms with van der Waals surface area (Å²) < 4.78 is 21.0. The third-order valence-electron chi connectivity index (χ3n) is 4.84. The van der Waals surface area contributed by atoms with Crippen molar-refractivity contribution >= 4 is 12.8 Å². The number of hydrogen-bond acceptors (Lipinski definition) is 9. The van der Waals surface area contributed by atoms with Crippen molar-refractivity contribution in [1.82, 2.24) is 25.1 Å². The molecule has 1 atom stereocenters. The lowest BCUT2D eigenvalue weighted by atomic mass is 9.83. The first-order valence-electron chi connectivity index (χ1n) is 9.38. The number of hydrogen-bond donors (Lipinski definition) is 2. The van der Waals surface area contributed by atoms with Gasteiger partial charge in [0.05, 0.1) is 24.2 Å². The summed E-state index contributed by atoms with van der Waals surface area (Å²) >= 11 is 0. The van der Waals surface area contributed by atoms with Crippen LogP contribution in [-0.4, -0.2) is 73.5 Å². The van der Waals surface area contributed by atoms with Gasteiger partial charge in [-0.1, -0.05) is 18.9 Å². The van der Waals surface area contributed by atoms with Crippen LogP contribution in [0, 0.1) is 15.9 Å². The van der Waals surface area contributed by atoms with Crippen molar-refractivity contribution in [2.45, 2.75) is 31.6 Å². The average molecular weight is 408 g/mol. The SMILES string of the molecule is O=[N+]([O-])c1cccc(F)c1-n1nnnc1C(CCCCB(O)O)N1CCOCC1. The Bertz CT molecular complexity index is 832. The fourth-order valence-electron chi connectivity index (χ4n) is 3.45. The fourth-order valence-corrected chi connectivity index (χ4v) is 3.45. The molecule has 1 aromatic carbocycles. The first kappa shape index (κ1) is 21.2. The first-order valence-corrected chi connectivity index (χ1v) is 9.38. The van der Waals surface area contributed by atoms with Gasteiger partial charge in [0.1, 0.15) is 0 Å². The van der Waals surface area contributed by atoms with Crippen LogP contribution < -0.4 is 0 Å². The van der Waals surface area contributed by atoms with Crippen molar-refractivity contribution < 1.29 is 24.1 Å². The molecular formula is C16H22BFN6O5. The van der Waals surface area contributed by atoms with Crippen LogP contribution in [-0.2, 0) is 4.74 Å². The molecule has 11 nitrogen and oxygen atoms in total. The number of ether oxygens (including phenoxy) is 1. The summed E-state index contributed by atoms with van der Waals surface area (Å²) in [5.74, 6) is -0.499. The highest BCUT2D eigenvalue weighted by atomic mass is 19.1. The van der Waals surface area contributed by atoms with Gasteiger partial charge < -0.3 is 14.8 Å². The Kier molecular flexibility index (Phi) is 7.20. The zero-order valence-corrected chi connectivity index (χ0v) is 15.7. The number of aromatic nitrogens is 4. The molecule has 1 unspecified atom stereocenters. The number of unbranched alkanes of at least 4 members (excludes halogenated alkanes) is 1. The van der Waals surface area contributed by atoms with Crippen LogP contribution in [0.25, 0.3) is 5.69 Å². The number of rotatable bonds is 9. The van der Waals surface area contributed by atoms with Gasteiger partial charge in [-0.3, -0.25) is 15.0 Å². The quantitative estimate of drug-likeness (QED) is 0.266. The summed E-state index contributed by atoms with van der Waals surface area (Å²) in [6.07, 6.45) is 2.01. The van der Waals surface area contributed by atoms with E-state index in [1.165, 1.54) is 12.1 Å². The maximum absolute atomic E-state index is 14.5. The standard InChI is InChI=1S/C16H22BFN6O5/c18-12-4-3-6-13(24(27)28)15(12)23-16(19-20-21-23)14(5-1-2-7-17(25)26)22-8-10-29-11-9-22/h3-4,6,14,25-26H,1-2,5,7-11H2. The van der Waals surface area contributed by atoms with Crippen LogP contribution in [0.4, 0.5) is 10.1 Å². The van der Waals surface area contributed by atoms with E-state index >= 15 is 0 Å². The summed E-state index contributed by atoms with van der Waals surface area (Å²) in [6, 6.07) is 3.26. The van der Waals surface area contributed by atoms with Crippen LogP contribution in [0.2, 0.25) is 6.32 Å². The van der Waals surface area contributed by atoms with Gasteiger partial charge in [-0.25, -0.2) is 4.39 Å². The Morgan fingerprint density at radius 2 is 2.07 bits per heavy atom. The zero-order valence-electron chi connectivity index (χ0n) is 15.7. The second kappa shape index (κ2) is 9.83. The highest BCUT2D eigenvalue weighted by Crippen LogP contribution is 2.31. The number of morpholine rings is 1. The second-order valence-electron chi connectivity index (χ2n) is 6.74. The van der Waals surface area contributed by atoms with Crippen LogP contribution >= 0.6 is 0 Å².